The molecule has 94 valence electrons. The summed E-state index contributed by atoms with van der Waals surface area (Å²) in [6, 6.07) is 8.25. The average Bonchev–Trinajstić information content (AvgIpc) is 2.26. The molecule has 18 heavy (non-hydrogen) atoms. The SMILES string of the molecule is Cc1cc(C(N)=S)nc2c(C(C)(C)C)cccc12. The van der Waals surface area contributed by atoms with Crippen molar-refractivity contribution in [2.75, 3.05) is 0 Å². The largest absolute Gasteiger partial charge is 0.388 e. The van der Waals surface area contributed by atoms with Crippen molar-refractivity contribution in [3.63, 3.8) is 0 Å². The van der Waals surface area contributed by atoms with Crippen LogP contribution in [0.1, 0.15) is 37.6 Å². The van der Waals surface area contributed by atoms with Gasteiger partial charge in [-0.2, -0.15) is 0 Å². The van der Waals surface area contributed by atoms with Crippen LogP contribution in [0, 0.1) is 6.92 Å². The van der Waals surface area contributed by atoms with Gasteiger partial charge in [0.2, 0.25) is 0 Å². The Bertz CT molecular complexity index is 624. The first-order valence-electron chi connectivity index (χ1n) is 6.01. The zero-order chi connectivity index (χ0) is 13.5. The molecule has 0 aliphatic carbocycles. The zero-order valence-corrected chi connectivity index (χ0v) is 12.1. The summed E-state index contributed by atoms with van der Waals surface area (Å²) in [6.07, 6.45) is 0. The number of fused-ring (bicyclic) bond motifs is 1. The normalized spacial score (nSPS) is 11.8. The molecule has 0 aliphatic heterocycles. The van der Waals surface area contributed by atoms with Crippen molar-refractivity contribution in [3.05, 3.63) is 41.1 Å². The Labute approximate surface area is 113 Å². The molecule has 2 aromatic rings. The predicted molar refractivity (Wildman–Crippen MR) is 81.1 cm³/mol. The van der Waals surface area contributed by atoms with E-state index in [1.54, 1.807) is 0 Å². The zero-order valence-electron chi connectivity index (χ0n) is 11.2. The molecule has 0 unspecified atom stereocenters. The molecular weight excluding hydrogens is 240 g/mol. The number of hydrogen-bond donors (Lipinski definition) is 1. The Balaban J connectivity index is 2.86. The molecule has 0 atom stereocenters. The first kappa shape index (κ1) is 13.0. The van der Waals surface area contributed by atoms with Gasteiger partial charge in [0, 0.05) is 5.39 Å². The quantitative estimate of drug-likeness (QED) is 0.796. The molecule has 1 aromatic heterocycles. The third-order valence-electron chi connectivity index (χ3n) is 3.11. The maximum atomic E-state index is 5.70. The molecule has 0 saturated carbocycles. The summed E-state index contributed by atoms with van der Waals surface area (Å²) in [5.74, 6) is 0. The Kier molecular flexibility index (Phi) is 3.11. The fourth-order valence-corrected chi connectivity index (χ4v) is 2.25. The molecule has 0 radical (unpaired) electrons. The highest BCUT2D eigenvalue weighted by Crippen LogP contribution is 2.30. The van der Waals surface area contributed by atoms with Crippen LogP contribution in [0.2, 0.25) is 0 Å². The van der Waals surface area contributed by atoms with Crippen molar-refractivity contribution < 1.29 is 0 Å². The Hall–Kier alpha value is -1.48. The summed E-state index contributed by atoms with van der Waals surface area (Å²) in [5, 5.41) is 1.17. The van der Waals surface area contributed by atoms with Gasteiger partial charge in [0.15, 0.2) is 0 Å². The number of nitrogens with two attached hydrogens (primary N) is 1. The number of benzene rings is 1. The number of para-hydroxylation sites is 1. The summed E-state index contributed by atoms with van der Waals surface area (Å²) < 4.78 is 0. The number of aromatic nitrogens is 1. The monoisotopic (exact) mass is 258 g/mol. The van der Waals surface area contributed by atoms with Gasteiger partial charge in [0.25, 0.3) is 0 Å². The first-order valence-corrected chi connectivity index (χ1v) is 6.42. The molecular formula is C15H18N2S. The van der Waals surface area contributed by atoms with E-state index in [1.807, 2.05) is 6.07 Å². The van der Waals surface area contributed by atoms with Gasteiger partial charge in [-0.15, -0.1) is 0 Å². The number of pyridine rings is 1. The molecule has 0 fully saturated rings. The maximum absolute atomic E-state index is 5.70. The van der Waals surface area contributed by atoms with Crippen LogP contribution in [0.4, 0.5) is 0 Å². The lowest BCUT2D eigenvalue weighted by Gasteiger charge is -2.21. The number of thiocarbonyl (C=S) groups is 1. The minimum atomic E-state index is 0.0494. The van der Waals surface area contributed by atoms with E-state index in [2.05, 4.69) is 50.9 Å². The van der Waals surface area contributed by atoms with Crippen LogP contribution in [0.3, 0.4) is 0 Å². The van der Waals surface area contributed by atoms with Crippen molar-refractivity contribution in [2.24, 2.45) is 5.73 Å². The summed E-state index contributed by atoms with van der Waals surface area (Å²) in [5.41, 5.74) is 9.84. The Morgan fingerprint density at radius 1 is 1.28 bits per heavy atom. The van der Waals surface area contributed by atoms with Crippen LogP contribution in [-0.2, 0) is 5.41 Å². The lowest BCUT2D eigenvalue weighted by molar-refractivity contribution is 0.594. The molecule has 3 heteroatoms. The number of aryl methyl sites for hydroxylation is 1. The molecule has 0 saturated heterocycles. The van der Waals surface area contributed by atoms with Crippen molar-refractivity contribution in [3.8, 4) is 0 Å². The number of nitrogens with zero attached hydrogens (tertiary/aromatic N) is 1. The van der Waals surface area contributed by atoms with Crippen LogP contribution in [0.25, 0.3) is 10.9 Å². The van der Waals surface area contributed by atoms with E-state index in [-0.39, 0.29) is 5.41 Å². The van der Waals surface area contributed by atoms with E-state index < -0.39 is 0 Å². The van der Waals surface area contributed by atoms with Gasteiger partial charge in [-0.3, -0.25) is 0 Å². The van der Waals surface area contributed by atoms with Crippen molar-refractivity contribution in [2.45, 2.75) is 33.1 Å². The summed E-state index contributed by atoms with van der Waals surface area (Å²) in [4.78, 5) is 4.99. The van der Waals surface area contributed by atoms with Crippen LogP contribution < -0.4 is 5.73 Å². The van der Waals surface area contributed by atoms with Gasteiger partial charge in [0.05, 0.1) is 11.2 Å². The molecule has 2 N–H and O–H groups in total. The van der Waals surface area contributed by atoms with Crippen molar-refractivity contribution in [1.82, 2.24) is 4.98 Å². The second-order valence-electron chi connectivity index (χ2n) is 5.64. The highest BCUT2D eigenvalue weighted by molar-refractivity contribution is 7.80. The lowest BCUT2D eigenvalue weighted by Crippen LogP contribution is -2.15. The molecule has 2 nitrogen and oxygen atoms in total. The van der Waals surface area contributed by atoms with Gasteiger partial charge in [0.1, 0.15) is 4.99 Å². The lowest BCUT2D eigenvalue weighted by atomic mass is 9.85. The molecule has 0 aliphatic rings. The standard InChI is InChI=1S/C15H18N2S/c1-9-8-12(14(16)18)17-13-10(9)6-5-7-11(13)15(2,3)4/h5-8H,1-4H3,(H2,16,18). The topological polar surface area (TPSA) is 38.9 Å². The van der Waals surface area contributed by atoms with Gasteiger partial charge in [-0.1, -0.05) is 51.2 Å². The van der Waals surface area contributed by atoms with Crippen molar-refractivity contribution >= 4 is 28.1 Å². The second-order valence-corrected chi connectivity index (χ2v) is 6.08. The molecule has 2 rings (SSSR count). The average molecular weight is 258 g/mol. The smallest absolute Gasteiger partial charge is 0.122 e. The van der Waals surface area contributed by atoms with E-state index in [0.29, 0.717) is 10.7 Å². The van der Waals surface area contributed by atoms with Crippen LogP contribution in [0.5, 0.6) is 0 Å². The molecule has 1 aromatic carbocycles. The van der Waals surface area contributed by atoms with E-state index in [4.69, 9.17) is 18.0 Å². The van der Waals surface area contributed by atoms with Gasteiger partial charge in [-0.05, 0) is 29.5 Å². The summed E-state index contributed by atoms with van der Waals surface area (Å²) in [6.45, 7) is 8.63. The number of hydrogen-bond acceptors (Lipinski definition) is 2. The molecule has 1 heterocycles. The predicted octanol–water partition coefficient (Wildman–Crippen LogP) is 3.47. The highest BCUT2D eigenvalue weighted by atomic mass is 32.1. The second kappa shape index (κ2) is 4.32. The van der Waals surface area contributed by atoms with Gasteiger partial charge >= 0.3 is 0 Å². The van der Waals surface area contributed by atoms with E-state index >= 15 is 0 Å². The molecule has 0 spiro atoms. The van der Waals surface area contributed by atoms with Gasteiger partial charge in [-0.25, -0.2) is 4.98 Å². The summed E-state index contributed by atoms with van der Waals surface area (Å²) >= 11 is 5.04. The van der Waals surface area contributed by atoms with Crippen LogP contribution >= 0.6 is 12.2 Å². The van der Waals surface area contributed by atoms with Crippen LogP contribution in [0.15, 0.2) is 24.3 Å². The van der Waals surface area contributed by atoms with E-state index in [1.165, 1.54) is 10.9 Å². The van der Waals surface area contributed by atoms with Crippen LogP contribution in [-0.4, -0.2) is 9.97 Å². The van der Waals surface area contributed by atoms with Gasteiger partial charge < -0.3 is 5.73 Å². The third-order valence-corrected chi connectivity index (χ3v) is 3.32. The fourth-order valence-electron chi connectivity index (χ4n) is 2.15. The minimum absolute atomic E-state index is 0.0494. The maximum Gasteiger partial charge on any atom is 0.122 e. The third kappa shape index (κ3) is 2.23. The first-order chi connectivity index (χ1) is 8.30. The van der Waals surface area contributed by atoms with E-state index in [9.17, 15) is 0 Å². The fraction of sp³-hybridized carbons (Fsp3) is 0.333. The number of rotatable bonds is 1. The highest BCUT2D eigenvalue weighted by Gasteiger charge is 2.18. The Morgan fingerprint density at radius 3 is 2.50 bits per heavy atom. The summed E-state index contributed by atoms with van der Waals surface area (Å²) in [7, 11) is 0. The van der Waals surface area contributed by atoms with E-state index in [0.717, 1.165) is 11.1 Å². The Morgan fingerprint density at radius 2 is 1.94 bits per heavy atom. The molecule has 0 bridgehead atoms. The minimum Gasteiger partial charge on any atom is -0.388 e. The van der Waals surface area contributed by atoms with Crippen molar-refractivity contribution in [1.29, 1.82) is 0 Å². The molecule has 0 amide bonds.